The molecule has 0 bridgehead atoms. The van der Waals surface area contributed by atoms with Crippen LogP contribution in [0.15, 0.2) is 36.9 Å². The monoisotopic (exact) mass is 357 g/mol. The lowest BCUT2D eigenvalue weighted by Crippen LogP contribution is -2.58. The number of carbonyl (C=O) groups excluding carboxylic acids is 3. The summed E-state index contributed by atoms with van der Waals surface area (Å²) in [5, 5.41) is 2.69. The van der Waals surface area contributed by atoms with Crippen LogP contribution in [0.5, 0.6) is 0 Å². The Balaban J connectivity index is 1.92. The highest BCUT2D eigenvalue weighted by Crippen LogP contribution is 2.17. The zero-order chi connectivity index (χ0) is 19.1. The molecule has 1 aliphatic heterocycles. The van der Waals surface area contributed by atoms with Crippen LogP contribution in [-0.4, -0.2) is 53.2 Å². The van der Waals surface area contributed by atoms with Crippen molar-refractivity contribution >= 4 is 23.4 Å². The molecular formula is C20H27N3O3. The number of amides is 3. The van der Waals surface area contributed by atoms with Gasteiger partial charge in [-0.2, -0.15) is 0 Å². The second kappa shape index (κ2) is 9.17. The largest absolute Gasteiger partial charge is 0.339 e. The van der Waals surface area contributed by atoms with Gasteiger partial charge in [0.05, 0.1) is 0 Å². The fourth-order valence-electron chi connectivity index (χ4n) is 3.19. The molecule has 0 radical (unpaired) electrons. The van der Waals surface area contributed by atoms with Gasteiger partial charge in [0.25, 0.3) is 0 Å². The second-order valence-corrected chi connectivity index (χ2v) is 6.32. The van der Waals surface area contributed by atoms with E-state index >= 15 is 0 Å². The molecule has 1 saturated heterocycles. The van der Waals surface area contributed by atoms with Crippen LogP contribution in [0.25, 0.3) is 0 Å². The highest BCUT2D eigenvalue weighted by atomic mass is 16.2. The van der Waals surface area contributed by atoms with Crippen molar-refractivity contribution in [3.05, 3.63) is 42.5 Å². The van der Waals surface area contributed by atoms with E-state index in [-0.39, 0.29) is 23.8 Å². The predicted molar refractivity (Wildman–Crippen MR) is 102 cm³/mol. The van der Waals surface area contributed by atoms with E-state index in [0.29, 0.717) is 44.6 Å². The van der Waals surface area contributed by atoms with Crippen molar-refractivity contribution in [2.24, 2.45) is 0 Å². The second-order valence-electron chi connectivity index (χ2n) is 6.32. The van der Waals surface area contributed by atoms with Crippen LogP contribution in [0, 0.1) is 0 Å². The minimum atomic E-state index is -0.340. The maximum atomic E-state index is 12.6. The summed E-state index contributed by atoms with van der Waals surface area (Å²) in [4.78, 5) is 39.9. The third-order valence-corrected chi connectivity index (χ3v) is 4.71. The maximum Gasteiger partial charge on any atom is 0.247 e. The Kier molecular flexibility index (Phi) is 6.95. The van der Waals surface area contributed by atoms with Gasteiger partial charge < -0.3 is 15.1 Å². The van der Waals surface area contributed by atoms with Crippen LogP contribution in [-0.2, 0) is 20.8 Å². The van der Waals surface area contributed by atoms with Crippen LogP contribution in [0.3, 0.4) is 0 Å². The number of carbonyl (C=O) groups is 3. The zero-order valence-corrected chi connectivity index (χ0v) is 15.5. The smallest absolute Gasteiger partial charge is 0.247 e. The molecule has 6 heteroatoms. The number of benzene rings is 1. The molecule has 1 N–H and O–H groups in total. The fraction of sp³-hybridized carbons (Fsp3) is 0.450. The molecule has 0 spiro atoms. The topological polar surface area (TPSA) is 69.7 Å². The third-order valence-electron chi connectivity index (χ3n) is 4.71. The van der Waals surface area contributed by atoms with E-state index in [1.54, 1.807) is 17.0 Å². The van der Waals surface area contributed by atoms with E-state index in [4.69, 9.17) is 0 Å². The number of aryl methyl sites for hydroxylation is 1. The molecule has 0 saturated carbocycles. The number of hydrogen-bond donors (Lipinski definition) is 1. The highest BCUT2D eigenvalue weighted by molar-refractivity contribution is 5.98. The average molecular weight is 357 g/mol. The van der Waals surface area contributed by atoms with E-state index in [0.717, 1.165) is 5.56 Å². The lowest BCUT2D eigenvalue weighted by molar-refractivity contribution is -0.151. The molecule has 1 atom stereocenters. The summed E-state index contributed by atoms with van der Waals surface area (Å²) in [6.07, 6.45) is 2.83. The number of rotatable bonds is 7. The Hall–Kier alpha value is -2.63. The van der Waals surface area contributed by atoms with Crippen molar-refractivity contribution in [3.8, 4) is 0 Å². The first-order chi connectivity index (χ1) is 12.5. The van der Waals surface area contributed by atoms with Gasteiger partial charge in [-0.15, -0.1) is 0 Å². The summed E-state index contributed by atoms with van der Waals surface area (Å²) in [7, 11) is 0. The SMILES string of the molecule is C=CC(=O)Nc1ccc(CCC(=O)N2CCN(CC)C(=O)C2CC)cc1. The minimum absolute atomic E-state index is 0.0185. The fourth-order valence-corrected chi connectivity index (χ4v) is 3.19. The van der Waals surface area contributed by atoms with Crippen molar-refractivity contribution in [2.45, 2.75) is 39.2 Å². The van der Waals surface area contributed by atoms with Crippen LogP contribution in [0.2, 0.25) is 0 Å². The van der Waals surface area contributed by atoms with Crippen LogP contribution < -0.4 is 5.32 Å². The molecule has 1 aromatic carbocycles. The molecule has 1 fully saturated rings. The Morgan fingerprint density at radius 1 is 1.23 bits per heavy atom. The molecule has 1 aromatic rings. The van der Waals surface area contributed by atoms with Gasteiger partial charge in [-0.05, 0) is 43.5 Å². The molecule has 1 heterocycles. The Bertz CT molecular complexity index is 669. The van der Waals surface area contributed by atoms with E-state index < -0.39 is 0 Å². The van der Waals surface area contributed by atoms with Crippen molar-refractivity contribution < 1.29 is 14.4 Å². The lowest BCUT2D eigenvalue weighted by Gasteiger charge is -2.40. The molecule has 1 unspecified atom stereocenters. The highest BCUT2D eigenvalue weighted by Gasteiger charge is 2.35. The Morgan fingerprint density at radius 3 is 2.50 bits per heavy atom. The summed E-state index contributed by atoms with van der Waals surface area (Å²) in [5.41, 5.74) is 1.71. The van der Waals surface area contributed by atoms with E-state index in [1.165, 1.54) is 6.08 Å². The Labute approximate surface area is 154 Å². The van der Waals surface area contributed by atoms with Crippen LogP contribution >= 0.6 is 0 Å². The molecule has 26 heavy (non-hydrogen) atoms. The number of likely N-dealkylation sites (N-methyl/N-ethyl adjacent to an activating group) is 1. The van der Waals surface area contributed by atoms with Gasteiger partial charge in [-0.1, -0.05) is 25.6 Å². The van der Waals surface area contributed by atoms with E-state index in [2.05, 4.69) is 11.9 Å². The summed E-state index contributed by atoms with van der Waals surface area (Å²) < 4.78 is 0. The van der Waals surface area contributed by atoms with Crippen LogP contribution in [0.4, 0.5) is 5.69 Å². The average Bonchev–Trinajstić information content (AvgIpc) is 2.66. The van der Waals surface area contributed by atoms with Gasteiger partial charge in [-0.3, -0.25) is 14.4 Å². The summed E-state index contributed by atoms with van der Waals surface area (Å²) in [6.45, 7) is 9.21. The molecule has 0 aliphatic carbocycles. The Morgan fingerprint density at radius 2 is 1.92 bits per heavy atom. The zero-order valence-electron chi connectivity index (χ0n) is 15.5. The van der Waals surface area contributed by atoms with Crippen molar-refractivity contribution in [1.82, 2.24) is 9.80 Å². The first kappa shape index (κ1) is 19.7. The molecular weight excluding hydrogens is 330 g/mol. The normalized spacial score (nSPS) is 17.2. The number of hydrogen-bond acceptors (Lipinski definition) is 3. The van der Waals surface area contributed by atoms with E-state index in [9.17, 15) is 14.4 Å². The van der Waals surface area contributed by atoms with Crippen LogP contribution in [0.1, 0.15) is 32.3 Å². The number of piperazine rings is 1. The van der Waals surface area contributed by atoms with Crippen molar-refractivity contribution in [3.63, 3.8) is 0 Å². The van der Waals surface area contributed by atoms with Crippen molar-refractivity contribution in [1.29, 1.82) is 0 Å². The molecule has 140 valence electrons. The quantitative estimate of drug-likeness (QED) is 0.761. The van der Waals surface area contributed by atoms with Gasteiger partial charge in [0, 0.05) is 31.7 Å². The van der Waals surface area contributed by atoms with E-state index in [1.807, 2.05) is 30.9 Å². The summed E-state index contributed by atoms with van der Waals surface area (Å²) >= 11 is 0. The van der Waals surface area contributed by atoms with Crippen molar-refractivity contribution in [2.75, 3.05) is 25.0 Å². The third kappa shape index (κ3) is 4.71. The number of nitrogens with one attached hydrogen (secondary N) is 1. The number of nitrogens with zero attached hydrogens (tertiary/aromatic N) is 2. The van der Waals surface area contributed by atoms with Gasteiger partial charge in [0.15, 0.2) is 0 Å². The van der Waals surface area contributed by atoms with Gasteiger partial charge in [0.2, 0.25) is 17.7 Å². The molecule has 1 aliphatic rings. The summed E-state index contributed by atoms with van der Waals surface area (Å²) in [6, 6.07) is 7.05. The molecule has 2 rings (SSSR count). The maximum absolute atomic E-state index is 12.6. The minimum Gasteiger partial charge on any atom is -0.339 e. The molecule has 0 aromatic heterocycles. The first-order valence-corrected chi connectivity index (χ1v) is 9.10. The van der Waals surface area contributed by atoms with Gasteiger partial charge in [0.1, 0.15) is 6.04 Å². The molecule has 3 amide bonds. The van der Waals surface area contributed by atoms with Gasteiger partial charge >= 0.3 is 0 Å². The summed E-state index contributed by atoms with van der Waals surface area (Å²) in [5.74, 6) is -0.184. The standard InChI is InChI=1S/C20H27N3O3/c1-4-17-20(26)22(6-3)13-14-23(17)19(25)12-9-15-7-10-16(11-8-15)21-18(24)5-2/h5,7-8,10-11,17H,2,4,6,9,12-14H2,1,3H3,(H,21,24). The lowest BCUT2D eigenvalue weighted by atomic mass is 10.0. The first-order valence-electron chi connectivity index (χ1n) is 9.10. The van der Waals surface area contributed by atoms with Gasteiger partial charge in [-0.25, -0.2) is 0 Å². The molecule has 6 nitrogen and oxygen atoms in total. The predicted octanol–water partition coefficient (Wildman–Crippen LogP) is 2.21. The number of anilines is 1.